The third-order valence-corrected chi connectivity index (χ3v) is 22.9. The summed E-state index contributed by atoms with van der Waals surface area (Å²) in [6, 6.07) is 32.9. The zero-order chi connectivity index (χ0) is 28.9. The van der Waals surface area contributed by atoms with Crippen LogP contribution >= 0.6 is 48.0 Å². The van der Waals surface area contributed by atoms with Gasteiger partial charge in [-0.05, 0) is 0 Å². The Balaban J connectivity index is 0.00000212. The van der Waals surface area contributed by atoms with Crippen LogP contribution < -0.4 is 3.27 Å². The van der Waals surface area contributed by atoms with Crippen LogP contribution in [0.3, 0.4) is 0 Å². The summed E-state index contributed by atoms with van der Waals surface area (Å²) in [5.74, 6) is 0.388. The van der Waals surface area contributed by atoms with Gasteiger partial charge in [-0.25, -0.2) is 0 Å². The number of benzene rings is 4. The Labute approximate surface area is 284 Å². The first kappa shape index (κ1) is 34.2. The van der Waals surface area contributed by atoms with Gasteiger partial charge in [0.2, 0.25) is 0 Å². The minimum absolute atomic E-state index is 0. The summed E-state index contributed by atoms with van der Waals surface area (Å²) < 4.78 is 8.61. The molecule has 2 aliphatic carbocycles. The molecule has 1 atom stereocenters. The molecule has 0 radical (unpaired) electrons. The largest absolute Gasteiger partial charge is 0.147 e. The number of fused-ring (bicyclic) bond motifs is 3. The summed E-state index contributed by atoms with van der Waals surface area (Å²) in [5.41, 5.74) is 9.75. The van der Waals surface area contributed by atoms with Crippen LogP contribution in [0.5, 0.6) is 0 Å². The second-order valence-corrected chi connectivity index (χ2v) is 26.8. The van der Waals surface area contributed by atoms with E-state index in [1.165, 1.54) is 39.0 Å². The van der Waals surface area contributed by atoms with Gasteiger partial charge in [-0.3, -0.25) is 0 Å². The van der Waals surface area contributed by atoms with Crippen molar-refractivity contribution in [3.05, 3.63) is 143 Å². The van der Waals surface area contributed by atoms with Crippen LogP contribution in [0.15, 0.2) is 111 Å². The summed E-state index contributed by atoms with van der Waals surface area (Å²) in [6.45, 7) is 12.3. The minimum atomic E-state index is -3.81. The SMILES string of the molecule is CC1=[C]([Zr](=[CH]c2ccc(Cl)cc2)(=[CH]c2ccc(Cl)cc2)[c]2cccc3c2Cc2ccccc2-3)C(C)C=C1[Si](C)(C)C.Cl.Cl. The molecule has 0 amide bonds. The fourth-order valence-corrected chi connectivity index (χ4v) is 22.3. The molecule has 2 aliphatic rings. The fraction of sp³-hybridized carbons (Fsp3) is 0.189. The monoisotopic (exact) mass is 740 g/mol. The van der Waals surface area contributed by atoms with E-state index in [9.17, 15) is 0 Å². The minimum Gasteiger partial charge on any atom is -0.147 e. The first-order valence-electron chi connectivity index (χ1n) is 14.4. The van der Waals surface area contributed by atoms with E-state index >= 15 is 0 Å². The Hall–Kier alpha value is -1.64. The Morgan fingerprint density at radius 3 is 1.79 bits per heavy atom. The van der Waals surface area contributed by atoms with Crippen molar-refractivity contribution in [2.45, 2.75) is 39.9 Å². The van der Waals surface area contributed by atoms with Crippen LogP contribution in [0.4, 0.5) is 0 Å². The molecule has 4 aromatic carbocycles. The third-order valence-electron chi connectivity index (χ3n) is 8.76. The van der Waals surface area contributed by atoms with E-state index < -0.39 is 27.4 Å². The Morgan fingerprint density at radius 1 is 0.721 bits per heavy atom. The van der Waals surface area contributed by atoms with Crippen molar-refractivity contribution >= 4 is 66.8 Å². The molecule has 0 saturated carbocycles. The molecule has 0 spiro atoms. The van der Waals surface area contributed by atoms with Gasteiger partial charge in [0.25, 0.3) is 0 Å². The van der Waals surface area contributed by atoms with Crippen molar-refractivity contribution in [1.82, 2.24) is 0 Å². The van der Waals surface area contributed by atoms with E-state index in [2.05, 4.69) is 114 Å². The topological polar surface area (TPSA) is 0 Å². The normalized spacial score (nSPS) is 15.2. The van der Waals surface area contributed by atoms with E-state index in [1.807, 2.05) is 24.3 Å². The molecule has 43 heavy (non-hydrogen) atoms. The molecule has 0 aliphatic heterocycles. The Morgan fingerprint density at radius 2 is 1.26 bits per heavy atom. The summed E-state index contributed by atoms with van der Waals surface area (Å²) in [4.78, 5) is 0. The summed E-state index contributed by atoms with van der Waals surface area (Å²) in [7, 11) is -1.55. The molecule has 222 valence electrons. The number of allylic oxidation sites excluding steroid dienone is 4. The predicted octanol–water partition coefficient (Wildman–Crippen LogP) is 10.6. The van der Waals surface area contributed by atoms with Gasteiger partial charge < -0.3 is 0 Å². The van der Waals surface area contributed by atoms with Crippen molar-refractivity contribution in [2.75, 3.05) is 0 Å². The number of rotatable bonds is 5. The van der Waals surface area contributed by atoms with Crippen LogP contribution in [0, 0.1) is 5.92 Å². The molecular formula is C37H38Cl4SiZr. The van der Waals surface area contributed by atoms with Gasteiger partial charge in [-0.2, -0.15) is 0 Å². The molecule has 0 nitrogen and oxygen atoms in total. The van der Waals surface area contributed by atoms with Gasteiger partial charge in [-0.1, -0.05) is 0 Å². The molecule has 0 fully saturated rings. The van der Waals surface area contributed by atoms with E-state index in [-0.39, 0.29) is 24.8 Å². The maximum Gasteiger partial charge on any atom is -0.147 e. The third kappa shape index (κ3) is 6.53. The second-order valence-electron chi connectivity index (χ2n) is 12.6. The number of hydrogen-bond donors (Lipinski definition) is 0. The summed E-state index contributed by atoms with van der Waals surface area (Å²) >= 11 is 8.96. The predicted molar refractivity (Wildman–Crippen MR) is 195 cm³/mol. The molecule has 0 saturated heterocycles. The van der Waals surface area contributed by atoms with Crippen molar-refractivity contribution in [1.29, 1.82) is 0 Å². The molecule has 0 N–H and O–H groups in total. The second kappa shape index (κ2) is 13.4. The van der Waals surface area contributed by atoms with Gasteiger partial charge >= 0.3 is 262 Å². The van der Waals surface area contributed by atoms with Gasteiger partial charge in [-0.15, -0.1) is 24.8 Å². The number of hydrogen-bond acceptors (Lipinski definition) is 0. The van der Waals surface area contributed by atoms with Crippen LogP contribution in [0.1, 0.15) is 36.1 Å². The van der Waals surface area contributed by atoms with Gasteiger partial charge in [0, 0.05) is 0 Å². The van der Waals surface area contributed by atoms with Crippen LogP contribution in [0.2, 0.25) is 29.7 Å². The van der Waals surface area contributed by atoms with Gasteiger partial charge in [0.15, 0.2) is 0 Å². The first-order chi connectivity index (χ1) is 19.6. The van der Waals surface area contributed by atoms with Gasteiger partial charge in [0.1, 0.15) is 0 Å². The van der Waals surface area contributed by atoms with Crippen molar-refractivity contribution in [3.63, 3.8) is 0 Å². The van der Waals surface area contributed by atoms with Crippen LogP contribution in [-0.4, -0.2) is 15.5 Å². The van der Waals surface area contributed by atoms with Crippen molar-refractivity contribution in [3.8, 4) is 11.1 Å². The molecule has 0 heterocycles. The molecule has 6 rings (SSSR count). The van der Waals surface area contributed by atoms with Crippen LogP contribution in [0.25, 0.3) is 11.1 Å². The standard InChI is InChI=1S/C13H9.C10H17Si.2C7H5Cl.2ClH.Zr/c1-3-7-12-10(5-1)9-11-6-2-4-8-13(11)12;1-8-6-9(2)10(7-8)11(3,4)5;2*1-6-2-4-7(8)5-3-6;;;/h1-5,7-8H,9H2;7-8H,1-5H3;2*1-5H;2*1H;. The average molecular weight is 744 g/mol. The molecule has 4 aromatic rings. The van der Waals surface area contributed by atoms with E-state index in [4.69, 9.17) is 23.2 Å². The first-order valence-corrected chi connectivity index (χ1v) is 24.0. The van der Waals surface area contributed by atoms with Crippen LogP contribution in [-0.2, 0) is 25.7 Å². The quantitative estimate of drug-likeness (QED) is 0.157. The maximum atomic E-state index is 6.39. The Kier molecular flexibility index (Phi) is 10.7. The van der Waals surface area contributed by atoms with Gasteiger partial charge in [0.05, 0.1) is 0 Å². The smallest absolute Gasteiger partial charge is 0.147 e. The molecule has 6 heteroatoms. The fourth-order valence-electron chi connectivity index (χ4n) is 7.13. The zero-order valence-electron chi connectivity index (χ0n) is 25.2. The summed E-state index contributed by atoms with van der Waals surface area (Å²) in [5, 5.41) is 3.16. The zero-order valence-corrected chi connectivity index (χ0v) is 31.9. The Bertz CT molecular complexity index is 1790. The molecule has 1 unspecified atom stereocenters. The molecular weight excluding hydrogens is 706 g/mol. The average Bonchev–Trinajstić information content (AvgIpc) is 3.47. The van der Waals surface area contributed by atoms with Crippen molar-refractivity contribution < 1.29 is 19.3 Å². The van der Waals surface area contributed by atoms with E-state index in [0.717, 1.165) is 16.5 Å². The summed E-state index contributed by atoms with van der Waals surface area (Å²) in [6.07, 6.45) is 3.59. The van der Waals surface area contributed by atoms with E-state index in [1.54, 1.807) is 11.7 Å². The molecule has 0 aromatic heterocycles. The van der Waals surface area contributed by atoms with Crippen molar-refractivity contribution in [2.24, 2.45) is 5.92 Å². The molecule has 0 bridgehead atoms. The number of halogens is 4. The van der Waals surface area contributed by atoms with E-state index in [0.29, 0.717) is 5.92 Å². The maximum absolute atomic E-state index is 6.39.